The van der Waals surface area contributed by atoms with E-state index in [9.17, 15) is 18.3 Å². The Morgan fingerprint density at radius 1 is 1.16 bits per heavy atom. The third kappa shape index (κ3) is 6.63. The van der Waals surface area contributed by atoms with E-state index in [0.717, 1.165) is 54.1 Å². The molecule has 38 heavy (non-hydrogen) atoms. The Hall–Kier alpha value is -3.16. The van der Waals surface area contributed by atoms with E-state index in [1.165, 1.54) is 0 Å². The quantitative estimate of drug-likeness (QED) is 0.241. The lowest BCUT2D eigenvalue weighted by atomic mass is 9.81. The van der Waals surface area contributed by atoms with Gasteiger partial charge in [0.25, 0.3) is 0 Å². The number of aliphatic hydroxyl groups is 1. The third-order valence-corrected chi connectivity index (χ3v) is 7.17. The molecular formula is C29H32F3N3O3. The summed E-state index contributed by atoms with van der Waals surface area (Å²) in [5.41, 5.74) is 4.75. The number of nitrogens with zero attached hydrogens (tertiary/aromatic N) is 2. The van der Waals surface area contributed by atoms with E-state index >= 15 is 0 Å². The number of halogens is 3. The maximum Gasteiger partial charge on any atom is 0.174 e. The first-order chi connectivity index (χ1) is 18.4. The Balaban J connectivity index is 1.40. The molecule has 2 heterocycles. The van der Waals surface area contributed by atoms with Crippen molar-refractivity contribution in [2.24, 2.45) is 11.8 Å². The van der Waals surface area contributed by atoms with Crippen LogP contribution in [0.25, 0.3) is 10.9 Å². The first-order valence-corrected chi connectivity index (χ1v) is 12.6. The van der Waals surface area contributed by atoms with Crippen LogP contribution in [0.5, 0.6) is 5.75 Å². The number of piperidine rings is 1. The lowest BCUT2D eigenvalue weighted by Gasteiger charge is -2.37. The summed E-state index contributed by atoms with van der Waals surface area (Å²) in [5, 5.41) is 11.1. The van der Waals surface area contributed by atoms with E-state index < -0.39 is 17.5 Å². The maximum absolute atomic E-state index is 13.9. The number of hydroxylamine groups is 1. The molecule has 0 unspecified atom stereocenters. The number of methoxy groups -OCH3 is 1. The van der Waals surface area contributed by atoms with Gasteiger partial charge in [-0.15, -0.1) is 0 Å². The molecule has 6 nitrogen and oxygen atoms in total. The number of hydrogen-bond acceptors (Lipinski definition) is 6. The Morgan fingerprint density at radius 2 is 2.00 bits per heavy atom. The fourth-order valence-corrected chi connectivity index (χ4v) is 5.16. The number of benzene rings is 2. The molecule has 0 spiro atoms. The molecule has 4 rings (SSSR count). The molecule has 202 valence electrons. The van der Waals surface area contributed by atoms with E-state index in [4.69, 9.17) is 9.57 Å². The summed E-state index contributed by atoms with van der Waals surface area (Å²) in [7, 11) is 3.23. The van der Waals surface area contributed by atoms with Gasteiger partial charge in [-0.05, 0) is 73.5 Å². The molecule has 3 atom stereocenters. The van der Waals surface area contributed by atoms with E-state index in [1.807, 2.05) is 24.3 Å². The van der Waals surface area contributed by atoms with Crippen LogP contribution >= 0.6 is 0 Å². The van der Waals surface area contributed by atoms with Crippen molar-refractivity contribution in [1.82, 2.24) is 15.4 Å². The second-order valence-corrected chi connectivity index (χ2v) is 9.51. The number of aromatic nitrogens is 1. The van der Waals surface area contributed by atoms with E-state index in [-0.39, 0.29) is 24.1 Å². The molecule has 0 saturated carbocycles. The van der Waals surface area contributed by atoms with Gasteiger partial charge in [0.05, 0.1) is 37.9 Å². The van der Waals surface area contributed by atoms with Gasteiger partial charge < -0.3 is 14.7 Å². The minimum atomic E-state index is -1.25. The number of likely N-dealkylation sites (tertiary alicyclic amines) is 1. The van der Waals surface area contributed by atoms with Crippen molar-refractivity contribution in [3.05, 3.63) is 71.2 Å². The standard InChI is InChI=1S/C29H32F3N3O3/c1-37-23-6-8-27-25(16-23)24(9-11-33-27)28(34-38-2)7-5-19-10-13-35(17-21(19)18-36)12-3-4-20-14-22(30)15-26(31)29(20)32/h6,8-9,11,14-16,19,21,28,34,36H,5,7,10,12-13,17-18H2,1-2H3/t19-,21-,28+/m1/s1. The number of ether oxygens (including phenoxy) is 1. The fourth-order valence-electron chi connectivity index (χ4n) is 5.16. The number of hydrogen-bond donors (Lipinski definition) is 2. The van der Waals surface area contributed by atoms with Crippen molar-refractivity contribution >= 4 is 10.9 Å². The van der Waals surface area contributed by atoms with Crippen molar-refractivity contribution in [3.63, 3.8) is 0 Å². The summed E-state index contributed by atoms with van der Waals surface area (Å²) >= 11 is 0. The van der Waals surface area contributed by atoms with Gasteiger partial charge in [-0.2, -0.15) is 5.48 Å². The van der Waals surface area contributed by atoms with Crippen molar-refractivity contribution in [3.8, 4) is 17.6 Å². The van der Waals surface area contributed by atoms with Crippen LogP contribution in [0.4, 0.5) is 13.2 Å². The van der Waals surface area contributed by atoms with Crippen molar-refractivity contribution in [1.29, 1.82) is 0 Å². The minimum absolute atomic E-state index is 0.0378. The molecule has 3 aromatic rings. The van der Waals surface area contributed by atoms with Gasteiger partial charge in [0, 0.05) is 30.8 Å². The van der Waals surface area contributed by atoms with Gasteiger partial charge in [0.1, 0.15) is 11.6 Å². The molecule has 9 heteroatoms. The predicted octanol–water partition coefficient (Wildman–Crippen LogP) is 4.62. The monoisotopic (exact) mass is 527 g/mol. The summed E-state index contributed by atoms with van der Waals surface area (Å²) in [6, 6.07) is 9.08. The molecule has 2 aromatic carbocycles. The highest BCUT2D eigenvalue weighted by Crippen LogP contribution is 2.33. The number of fused-ring (bicyclic) bond motifs is 1. The Labute approximate surface area is 220 Å². The van der Waals surface area contributed by atoms with Crippen LogP contribution in [0.1, 0.15) is 36.4 Å². The number of pyridine rings is 1. The van der Waals surface area contributed by atoms with Crippen LogP contribution in [0, 0.1) is 41.1 Å². The van der Waals surface area contributed by atoms with Crippen LogP contribution in [0.15, 0.2) is 42.6 Å². The summed E-state index contributed by atoms with van der Waals surface area (Å²) < 4.78 is 46.1. The smallest absolute Gasteiger partial charge is 0.174 e. The average molecular weight is 528 g/mol. The Bertz CT molecular complexity index is 1310. The van der Waals surface area contributed by atoms with Gasteiger partial charge in [0.2, 0.25) is 0 Å². The Kier molecular flexibility index (Phi) is 9.58. The highest BCUT2D eigenvalue weighted by atomic mass is 19.2. The van der Waals surface area contributed by atoms with Gasteiger partial charge in [-0.25, -0.2) is 13.2 Å². The zero-order valence-electron chi connectivity index (χ0n) is 21.5. The highest BCUT2D eigenvalue weighted by molar-refractivity contribution is 5.84. The van der Waals surface area contributed by atoms with Crippen molar-refractivity contribution in [2.75, 3.05) is 40.5 Å². The second kappa shape index (κ2) is 13.1. The fraction of sp³-hybridized carbons (Fsp3) is 0.414. The third-order valence-electron chi connectivity index (χ3n) is 7.17. The van der Waals surface area contributed by atoms with Gasteiger partial charge in [-0.1, -0.05) is 11.8 Å². The molecule has 1 saturated heterocycles. The first kappa shape index (κ1) is 27.9. The largest absolute Gasteiger partial charge is 0.497 e. The lowest BCUT2D eigenvalue weighted by Crippen LogP contribution is -2.42. The van der Waals surface area contributed by atoms with E-state index in [0.29, 0.717) is 25.1 Å². The molecule has 1 aliphatic rings. The van der Waals surface area contributed by atoms with Crippen LogP contribution < -0.4 is 10.2 Å². The molecule has 0 amide bonds. The molecule has 1 aromatic heterocycles. The Morgan fingerprint density at radius 3 is 2.76 bits per heavy atom. The number of rotatable bonds is 9. The molecule has 1 aliphatic heterocycles. The average Bonchev–Trinajstić information content (AvgIpc) is 2.93. The van der Waals surface area contributed by atoms with Gasteiger partial charge in [-0.3, -0.25) is 9.88 Å². The van der Waals surface area contributed by atoms with Crippen LogP contribution in [-0.2, 0) is 4.84 Å². The summed E-state index contributed by atoms with van der Waals surface area (Å²) in [4.78, 5) is 11.9. The van der Waals surface area contributed by atoms with Gasteiger partial charge in [0.15, 0.2) is 11.6 Å². The topological polar surface area (TPSA) is 66.9 Å². The van der Waals surface area contributed by atoms with Crippen LogP contribution in [0.2, 0.25) is 0 Å². The zero-order chi connectivity index (χ0) is 27.1. The zero-order valence-corrected chi connectivity index (χ0v) is 21.5. The SMILES string of the molecule is CON[C@@H](CC[C@@H]1CCN(CC#Cc2cc(F)cc(F)c2F)C[C@@H]1CO)c1ccnc2ccc(OC)cc12. The number of nitrogens with one attached hydrogen (secondary N) is 1. The molecular weight excluding hydrogens is 495 g/mol. The molecule has 0 aliphatic carbocycles. The molecule has 0 radical (unpaired) electrons. The number of aliphatic hydroxyl groups excluding tert-OH is 1. The van der Waals surface area contributed by atoms with E-state index in [1.54, 1.807) is 20.4 Å². The minimum Gasteiger partial charge on any atom is -0.497 e. The normalized spacial score (nSPS) is 18.7. The summed E-state index contributed by atoms with van der Waals surface area (Å²) in [6.07, 6.45) is 4.30. The second-order valence-electron chi connectivity index (χ2n) is 9.51. The maximum atomic E-state index is 13.9. The summed E-state index contributed by atoms with van der Waals surface area (Å²) in [5.74, 6) is 3.18. The lowest BCUT2D eigenvalue weighted by molar-refractivity contribution is 0.0444. The van der Waals surface area contributed by atoms with Crippen molar-refractivity contribution in [2.45, 2.75) is 25.3 Å². The molecule has 2 N–H and O–H groups in total. The molecule has 0 bridgehead atoms. The van der Waals surface area contributed by atoms with Crippen molar-refractivity contribution < 1.29 is 27.9 Å². The van der Waals surface area contributed by atoms with Crippen LogP contribution in [0.3, 0.4) is 0 Å². The van der Waals surface area contributed by atoms with E-state index in [2.05, 4.69) is 27.2 Å². The summed E-state index contributed by atoms with van der Waals surface area (Å²) in [6.45, 7) is 1.75. The predicted molar refractivity (Wildman–Crippen MR) is 139 cm³/mol. The first-order valence-electron chi connectivity index (χ1n) is 12.6. The highest BCUT2D eigenvalue weighted by Gasteiger charge is 2.29. The van der Waals surface area contributed by atoms with Gasteiger partial charge >= 0.3 is 0 Å². The van der Waals surface area contributed by atoms with Crippen LogP contribution in [-0.4, -0.2) is 55.5 Å². The molecule has 1 fully saturated rings.